The van der Waals surface area contributed by atoms with E-state index in [1.165, 1.54) is 46.4 Å². The fourth-order valence-electron chi connectivity index (χ4n) is 18.6. The van der Waals surface area contributed by atoms with Crippen molar-refractivity contribution >= 4 is 104 Å². The van der Waals surface area contributed by atoms with Crippen molar-refractivity contribution < 1.29 is 9.53 Å². The minimum Gasteiger partial charge on any atom is -0.469 e. The number of esters is 1. The quantitative estimate of drug-likeness (QED) is 0.0733. The van der Waals surface area contributed by atoms with Crippen LogP contribution in [0.25, 0.3) is 86.7 Å². The molecule has 0 radical (unpaired) electrons. The first kappa shape index (κ1) is 27.6. The highest BCUT2D eigenvalue weighted by atomic mass is 32.1. The Labute approximate surface area is 330 Å². The molecule has 0 aliphatic heterocycles. The number of allylic oxidation sites excluding steroid dienone is 6. The van der Waals surface area contributed by atoms with Crippen LogP contribution in [0.4, 0.5) is 0 Å². The van der Waals surface area contributed by atoms with Crippen LogP contribution in [0.5, 0.6) is 0 Å². The number of rotatable bonds is 6. The molecule has 7 aromatic carbocycles. The van der Waals surface area contributed by atoms with Gasteiger partial charge in [-0.1, -0.05) is 60.1 Å². The molecule has 2 fully saturated rings. The summed E-state index contributed by atoms with van der Waals surface area (Å²) >= 11 is 2.10. The van der Waals surface area contributed by atoms with E-state index >= 15 is 0 Å². The van der Waals surface area contributed by atoms with Gasteiger partial charge in [0.2, 0.25) is 0 Å². The van der Waals surface area contributed by atoms with Gasteiger partial charge in [0, 0.05) is 50.0 Å². The van der Waals surface area contributed by atoms with Gasteiger partial charge in [0.1, 0.15) is 0 Å². The topological polar surface area (TPSA) is 26.3 Å². The number of hydrogen-bond acceptors (Lipinski definition) is 3. The van der Waals surface area contributed by atoms with Gasteiger partial charge >= 0.3 is 5.97 Å². The second-order valence-electron chi connectivity index (χ2n) is 20.5. The predicted molar refractivity (Wildman–Crippen MR) is 229 cm³/mol. The van der Waals surface area contributed by atoms with Gasteiger partial charge in [-0.25, -0.2) is 0 Å². The lowest BCUT2D eigenvalue weighted by Crippen LogP contribution is -2.50. The maximum absolute atomic E-state index is 12.6. The van der Waals surface area contributed by atoms with E-state index in [2.05, 4.69) is 72.0 Å². The number of unbranched alkanes of at least 4 members (excludes halogenated alkanes) is 1. The van der Waals surface area contributed by atoms with Gasteiger partial charge < -0.3 is 4.74 Å². The van der Waals surface area contributed by atoms with Crippen molar-refractivity contribution in [3.63, 3.8) is 0 Å². The SMILES string of the molecule is COC(=O)CCCCC1(c2cc3ccccc3s2)C23C4=c5c6c7cc8cc9c%10c%11c%12c%13c%14c%15c(c2c%14c5c%12c6c8%10)C(=C[C@H]2CC=C5CC(=C%13C%11C5C9)C%152)CC13C4C=7. The molecule has 7 unspecified atom stereocenters. The highest BCUT2D eigenvalue weighted by Gasteiger charge is 2.98. The van der Waals surface area contributed by atoms with E-state index in [0.29, 0.717) is 36.0 Å². The summed E-state index contributed by atoms with van der Waals surface area (Å²) in [5, 5.41) is 21.2. The Morgan fingerprint density at radius 2 is 1.79 bits per heavy atom. The number of carbonyl (C=O) groups excluding carboxylic acids is 1. The number of methoxy groups -OCH3 is 1. The summed E-state index contributed by atoms with van der Waals surface area (Å²) in [6.07, 6.45) is 16.9. The minimum atomic E-state index is -0.0704. The van der Waals surface area contributed by atoms with E-state index in [4.69, 9.17) is 4.74 Å². The predicted octanol–water partition coefficient (Wildman–Crippen LogP) is 10.7. The molecule has 11 aliphatic rings. The van der Waals surface area contributed by atoms with Crippen molar-refractivity contribution in [2.75, 3.05) is 7.11 Å². The first-order valence-electron chi connectivity index (χ1n) is 22.0. The van der Waals surface area contributed by atoms with E-state index in [1.54, 1.807) is 110 Å². The third-order valence-electron chi connectivity index (χ3n) is 19.5. The van der Waals surface area contributed by atoms with E-state index in [-0.39, 0.29) is 22.2 Å². The summed E-state index contributed by atoms with van der Waals surface area (Å²) < 4.78 is 6.62. The number of fused-ring (bicyclic) bond motifs is 3. The van der Waals surface area contributed by atoms with Gasteiger partial charge in [0.05, 0.1) is 7.11 Å². The molecule has 8 atom stereocenters. The average molecular weight is 747 g/mol. The molecule has 0 N–H and O–H groups in total. The normalized spacial score (nSPS) is 34.4. The van der Waals surface area contributed by atoms with Crippen LogP contribution in [-0.4, -0.2) is 13.1 Å². The van der Waals surface area contributed by atoms with Crippen LogP contribution in [0.15, 0.2) is 65.8 Å². The first-order chi connectivity index (χ1) is 28.1. The molecule has 1 aromatic heterocycles. The molecule has 1 spiro atoms. The van der Waals surface area contributed by atoms with Crippen molar-refractivity contribution in [3.8, 4) is 0 Å². The van der Waals surface area contributed by atoms with Crippen LogP contribution in [-0.2, 0) is 26.8 Å². The summed E-state index contributed by atoms with van der Waals surface area (Å²) in [6, 6.07) is 17.2. The Balaban J connectivity index is 1.07. The number of carbonyl (C=O) groups is 1. The van der Waals surface area contributed by atoms with Crippen molar-refractivity contribution in [1.82, 2.24) is 0 Å². The van der Waals surface area contributed by atoms with Gasteiger partial charge in [0.15, 0.2) is 0 Å². The fourth-order valence-corrected chi connectivity index (χ4v) is 20.0. The Bertz CT molecular complexity index is 3780. The zero-order valence-electron chi connectivity index (χ0n) is 31.5. The third-order valence-corrected chi connectivity index (χ3v) is 20.8. The van der Waals surface area contributed by atoms with Crippen LogP contribution in [0.2, 0.25) is 0 Å². The molecule has 57 heavy (non-hydrogen) atoms. The van der Waals surface area contributed by atoms with E-state index in [9.17, 15) is 4.79 Å². The third kappa shape index (κ3) is 2.14. The molecule has 0 amide bonds. The molecule has 268 valence electrons. The summed E-state index contributed by atoms with van der Waals surface area (Å²) in [5.74, 6) is 2.58. The molecule has 2 bridgehead atoms. The van der Waals surface area contributed by atoms with E-state index in [0.717, 1.165) is 19.3 Å². The Hall–Kier alpha value is -4.99. The molecule has 3 heteroatoms. The molecular formula is C54H34O2S. The lowest BCUT2D eigenvalue weighted by molar-refractivity contribution is -0.140. The lowest BCUT2D eigenvalue weighted by atomic mass is 9.50. The molecule has 0 saturated heterocycles. The largest absolute Gasteiger partial charge is 0.469 e. The molecule has 1 heterocycles. The maximum Gasteiger partial charge on any atom is 0.305 e. The zero-order valence-corrected chi connectivity index (χ0v) is 32.4. The van der Waals surface area contributed by atoms with E-state index < -0.39 is 0 Å². The van der Waals surface area contributed by atoms with Crippen LogP contribution in [0.1, 0.15) is 95.0 Å². The Morgan fingerprint density at radius 1 is 0.877 bits per heavy atom. The zero-order chi connectivity index (χ0) is 36.1. The average Bonchev–Trinajstić information content (AvgIpc) is 3.91. The molecule has 2 saturated carbocycles. The standard InChI is InChI=1S/C54H34O2S/c1-56-32(55)8-4-5-11-52(31-18-21-6-2-3-7-30(21)57-31)53-19-26-12-22-10-9-20-15-28-33(22)40-37(26)51-49-46(40)43-39(28)38-27(20)16-24-13-23-14-25-17-29(53)50(54(51,52)53)48-36(25)41-34(23)35(24)42(38)45(43)44(41)47(48)49/h2-3,6-7,9,12-14,17-18,22,27,29,33,38H,4-5,8,10-11,15-16,19H2,1H3/t22-,27?,29?,33?,38?,52?,53?,54?/m1/s1. The lowest BCUT2D eigenvalue weighted by Gasteiger charge is -2.52. The molecule has 11 aliphatic carbocycles. The van der Waals surface area contributed by atoms with Crippen molar-refractivity contribution in [1.29, 1.82) is 0 Å². The highest BCUT2D eigenvalue weighted by Crippen LogP contribution is 3.00. The molecule has 19 rings (SSSR count). The second kappa shape index (κ2) is 7.67. The monoisotopic (exact) mass is 746 g/mol. The van der Waals surface area contributed by atoms with Gasteiger partial charge in [-0.15, -0.1) is 11.3 Å². The van der Waals surface area contributed by atoms with Crippen LogP contribution < -0.4 is 10.4 Å². The molecular weight excluding hydrogens is 713 g/mol. The second-order valence-corrected chi connectivity index (χ2v) is 21.6. The fraction of sp³-hybridized carbons (Fsp3) is 0.315. The summed E-state index contributed by atoms with van der Waals surface area (Å²) in [5.41, 5.74) is 19.5. The van der Waals surface area contributed by atoms with Crippen molar-refractivity contribution in [2.24, 2.45) is 23.2 Å². The number of benzene rings is 4. The van der Waals surface area contributed by atoms with Crippen LogP contribution in [0, 0.1) is 23.2 Å². The van der Waals surface area contributed by atoms with Crippen LogP contribution >= 0.6 is 11.3 Å². The molecule has 8 aromatic rings. The smallest absolute Gasteiger partial charge is 0.305 e. The highest BCUT2D eigenvalue weighted by molar-refractivity contribution is 7.19. The summed E-state index contributed by atoms with van der Waals surface area (Å²) in [4.78, 5) is 14.2. The number of thiophene rings is 1. The summed E-state index contributed by atoms with van der Waals surface area (Å²) in [7, 11) is 1.55. The van der Waals surface area contributed by atoms with Crippen LogP contribution in [0.3, 0.4) is 0 Å². The van der Waals surface area contributed by atoms with Crippen molar-refractivity contribution in [2.45, 2.75) is 74.0 Å². The Kier molecular flexibility index (Phi) is 3.71. The summed E-state index contributed by atoms with van der Waals surface area (Å²) in [6.45, 7) is 0. The van der Waals surface area contributed by atoms with Gasteiger partial charge in [-0.2, -0.15) is 0 Å². The van der Waals surface area contributed by atoms with Gasteiger partial charge in [-0.05, 0) is 188 Å². The number of hydrogen-bond donors (Lipinski definition) is 0. The van der Waals surface area contributed by atoms with E-state index in [1.807, 2.05) is 16.7 Å². The maximum atomic E-state index is 12.6. The van der Waals surface area contributed by atoms with Gasteiger partial charge in [0.25, 0.3) is 0 Å². The number of ether oxygens (including phenoxy) is 1. The van der Waals surface area contributed by atoms with Gasteiger partial charge in [-0.3, -0.25) is 4.79 Å². The minimum absolute atomic E-state index is 0.00260. The molecule has 2 nitrogen and oxygen atoms in total. The van der Waals surface area contributed by atoms with Crippen molar-refractivity contribution in [3.05, 3.63) is 114 Å². The first-order valence-corrected chi connectivity index (χ1v) is 22.8. The Morgan fingerprint density at radius 3 is 2.72 bits per heavy atom.